The van der Waals surface area contributed by atoms with Gasteiger partial charge in [0.25, 0.3) is 5.91 Å². The molecule has 0 unspecified atom stereocenters. The molecule has 0 aliphatic rings. The summed E-state index contributed by atoms with van der Waals surface area (Å²) < 4.78 is 3.01. The van der Waals surface area contributed by atoms with Crippen LogP contribution in [0.15, 0.2) is 24.7 Å². The Balaban J connectivity index is 2.10. The van der Waals surface area contributed by atoms with Crippen molar-refractivity contribution >= 4 is 29.2 Å². The molecule has 0 aliphatic heterocycles. The van der Waals surface area contributed by atoms with Crippen molar-refractivity contribution in [1.29, 1.82) is 0 Å². The summed E-state index contributed by atoms with van der Waals surface area (Å²) in [7, 11) is 0. The molecule has 2 aromatic rings. The van der Waals surface area contributed by atoms with Crippen molar-refractivity contribution in [1.82, 2.24) is 14.3 Å². The van der Waals surface area contributed by atoms with Gasteiger partial charge in [0.15, 0.2) is 0 Å². The van der Waals surface area contributed by atoms with E-state index in [-0.39, 0.29) is 12.5 Å². The largest absolute Gasteiger partial charge is 0.480 e. The van der Waals surface area contributed by atoms with Crippen LogP contribution in [-0.4, -0.2) is 31.3 Å². The maximum Gasteiger partial charge on any atom is 0.325 e. The van der Waals surface area contributed by atoms with Crippen molar-refractivity contribution in [3.63, 3.8) is 0 Å². The lowest BCUT2D eigenvalue weighted by Gasteiger charge is -2.07. The Morgan fingerprint density at radius 1 is 1.43 bits per heavy atom. The summed E-state index contributed by atoms with van der Waals surface area (Å²) in [4.78, 5) is 22.8. The molecule has 0 aliphatic carbocycles. The molecule has 1 amide bonds. The summed E-state index contributed by atoms with van der Waals surface area (Å²) in [5.74, 6) is -1.31. The highest BCUT2D eigenvalue weighted by Gasteiger charge is 2.14. The number of halogens is 1. The van der Waals surface area contributed by atoms with Crippen LogP contribution in [0.5, 0.6) is 0 Å². The lowest BCUT2D eigenvalue weighted by molar-refractivity contribution is -0.137. The highest BCUT2D eigenvalue weighted by molar-refractivity contribution is 6.31. The van der Waals surface area contributed by atoms with Crippen molar-refractivity contribution in [3.8, 4) is 0 Å². The number of hydrogen-bond acceptors (Lipinski definition) is 3. The van der Waals surface area contributed by atoms with Gasteiger partial charge < -0.3 is 15.0 Å². The van der Waals surface area contributed by atoms with Gasteiger partial charge in [0.2, 0.25) is 0 Å². The number of aryl methyl sites for hydroxylation is 1. The molecular formula is C13H15ClN4O3. The van der Waals surface area contributed by atoms with Crippen molar-refractivity contribution in [3.05, 3.63) is 35.4 Å². The van der Waals surface area contributed by atoms with Crippen LogP contribution >= 0.6 is 11.6 Å². The monoisotopic (exact) mass is 310 g/mol. The number of rotatable bonds is 6. The molecule has 2 N–H and O–H groups in total. The molecule has 0 bridgehead atoms. The number of hydrogen-bond donors (Lipinski definition) is 2. The van der Waals surface area contributed by atoms with Crippen LogP contribution < -0.4 is 5.32 Å². The van der Waals surface area contributed by atoms with E-state index >= 15 is 0 Å². The zero-order chi connectivity index (χ0) is 15.4. The zero-order valence-electron chi connectivity index (χ0n) is 11.4. The third kappa shape index (κ3) is 3.85. The van der Waals surface area contributed by atoms with Crippen LogP contribution in [0.25, 0.3) is 0 Å². The highest BCUT2D eigenvalue weighted by Crippen LogP contribution is 2.16. The molecule has 0 atom stereocenters. The van der Waals surface area contributed by atoms with Gasteiger partial charge in [-0.2, -0.15) is 5.10 Å². The quantitative estimate of drug-likeness (QED) is 0.855. The number of nitrogens with zero attached hydrogens (tertiary/aromatic N) is 3. The molecule has 0 spiro atoms. The molecule has 0 fully saturated rings. The lowest BCUT2D eigenvalue weighted by atomic mass is 10.3. The van der Waals surface area contributed by atoms with Gasteiger partial charge in [-0.05, 0) is 12.5 Å². The molecule has 2 rings (SSSR count). The first kappa shape index (κ1) is 15.1. The molecule has 7 nitrogen and oxygen atoms in total. The van der Waals surface area contributed by atoms with E-state index in [1.807, 2.05) is 6.92 Å². The maximum absolute atomic E-state index is 12.2. The first-order chi connectivity index (χ1) is 9.99. The average Bonchev–Trinajstić information content (AvgIpc) is 2.96. The Kier molecular flexibility index (Phi) is 4.64. The molecule has 0 saturated heterocycles. The van der Waals surface area contributed by atoms with Crippen LogP contribution in [0, 0.1) is 0 Å². The third-order valence-electron chi connectivity index (χ3n) is 2.75. The molecule has 0 radical (unpaired) electrons. The topological polar surface area (TPSA) is 89.2 Å². The molecule has 112 valence electrons. The van der Waals surface area contributed by atoms with E-state index in [2.05, 4.69) is 10.4 Å². The fourth-order valence-electron chi connectivity index (χ4n) is 1.94. The van der Waals surface area contributed by atoms with Gasteiger partial charge in [0.05, 0.1) is 16.9 Å². The number of carbonyl (C=O) groups is 2. The second kappa shape index (κ2) is 6.45. The number of carboxylic acid groups (broad SMARTS) is 1. The predicted octanol–water partition coefficient (Wildman–Crippen LogP) is 2.08. The Labute approximate surface area is 126 Å². The number of aliphatic carboxylic acids is 1. The first-order valence-electron chi connectivity index (χ1n) is 6.41. The van der Waals surface area contributed by atoms with Gasteiger partial charge in [-0.1, -0.05) is 18.5 Å². The molecule has 0 saturated carbocycles. The fourth-order valence-corrected chi connectivity index (χ4v) is 2.16. The Hall–Kier alpha value is -2.28. The second-order valence-electron chi connectivity index (χ2n) is 4.51. The van der Waals surface area contributed by atoms with Crippen LogP contribution in [0.1, 0.15) is 23.8 Å². The lowest BCUT2D eigenvalue weighted by Crippen LogP contribution is -2.16. The van der Waals surface area contributed by atoms with Gasteiger partial charge in [-0.25, -0.2) is 0 Å². The highest BCUT2D eigenvalue weighted by atomic mass is 35.5. The Morgan fingerprint density at radius 3 is 2.86 bits per heavy atom. The number of carboxylic acids is 1. The van der Waals surface area contributed by atoms with Gasteiger partial charge in [-0.15, -0.1) is 0 Å². The maximum atomic E-state index is 12.2. The first-order valence-corrected chi connectivity index (χ1v) is 6.78. The second-order valence-corrected chi connectivity index (χ2v) is 4.95. The van der Waals surface area contributed by atoms with Crippen LogP contribution in [0.4, 0.5) is 5.69 Å². The van der Waals surface area contributed by atoms with Gasteiger partial charge >= 0.3 is 5.97 Å². The average molecular weight is 311 g/mol. The summed E-state index contributed by atoms with van der Waals surface area (Å²) in [6.45, 7) is 2.44. The van der Waals surface area contributed by atoms with E-state index in [0.717, 1.165) is 6.42 Å². The van der Waals surface area contributed by atoms with Crippen molar-refractivity contribution < 1.29 is 14.7 Å². The van der Waals surface area contributed by atoms with E-state index in [9.17, 15) is 9.59 Å². The minimum absolute atomic E-state index is 0.256. The minimum atomic E-state index is -1.00. The van der Waals surface area contributed by atoms with E-state index in [0.29, 0.717) is 22.9 Å². The fraction of sp³-hybridized carbons (Fsp3) is 0.308. The molecular weight excluding hydrogens is 296 g/mol. The van der Waals surface area contributed by atoms with Crippen LogP contribution in [0.3, 0.4) is 0 Å². The Bertz CT molecular complexity index is 662. The van der Waals surface area contributed by atoms with Crippen LogP contribution in [0.2, 0.25) is 5.02 Å². The number of nitrogens with one attached hydrogen (secondary N) is 1. The molecule has 2 heterocycles. The molecule has 8 heteroatoms. The molecule has 2 aromatic heterocycles. The van der Waals surface area contributed by atoms with Crippen molar-refractivity contribution in [2.75, 3.05) is 5.32 Å². The number of aromatic nitrogens is 3. The normalized spacial score (nSPS) is 10.6. The smallest absolute Gasteiger partial charge is 0.325 e. The van der Waals surface area contributed by atoms with Crippen molar-refractivity contribution in [2.24, 2.45) is 0 Å². The van der Waals surface area contributed by atoms with Gasteiger partial charge in [0.1, 0.15) is 12.2 Å². The third-order valence-corrected chi connectivity index (χ3v) is 2.96. The Morgan fingerprint density at radius 2 is 2.19 bits per heavy atom. The van der Waals surface area contributed by atoms with E-state index < -0.39 is 5.97 Å². The summed E-state index contributed by atoms with van der Waals surface area (Å²) >= 11 is 5.93. The zero-order valence-corrected chi connectivity index (χ0v) is 12.2. The number of anilines is 1. The number of amides is 1. The summed E-state index contributed by atoms with van der Waals surface area (Å²) in [5.41, 5.74) is 0.884. The van der Waals surface area contributed by atoms with Gasteiger partial charge in [-0.3, -0.25) is 14.3 Å². The summed E-state index contributed by atoms with van der Waals surface area (Å²) in [6.07, 6.45) is 5.44. The minimum Gasteiger partial charge on any atom is -0.480 e. The van der Waals surface area contributed by atoms with E-state index in [1.165, 1.54) is 17.1 Å². The van der Waals surface area contributed by atoms with Crippen molar-refractivity contribution in [2.45, 2.75) is 26.4 Å². The molecule has 21 heavy (non-hydrogen) atoms. The SMILES string of the molecule is CCCn1cc(Cl)cc1C(=O)Nc1cnn(CC(=O)O)c1. The summed E-state index contributed by atoms with van der Waals surface area (Å²) in [6, 6.07) is 1.59. The van der Waals surface area contributed by atoms with E-state index in [4.69, 9.17) is 16.7 Å². The molecule has 0 aromatic carbocycles. The number of carbonyl (C=O) groups excluding carboxylic acids is 1. The van der Waals surface area contributed by atoms with Crippen LogP contribution in [-0.2, 0) is 17.9 Å². The standard InChI is InChI=1S/C13H15ClN4O3/c1-2-3-17-6-9(14)4-11(17)13(21)16-10-5-15-18(7-10)8-12(19)20/h4-7H,2-3,8H2,1H3,(H,16,21)(H,19,20). The van der Waals surface area contributed by atoms with E-state index in [1.54, 1.807) is 16.8 Å². The van der Waals surface area contributed by atoms with Gasteiger partial charge in [0, 0.05) is 18.9 Å². The predicted molar refractivity (Wildman–Crippen MR) is 77.5 cm³/mol. The summed E-state index contributed by atoms with van der Waals surface area (Å²) in [5, 5.41) is 15.7.